The van der Waals surface area contributed by atoms with Crippen LogP contribution in [0.5, 0.6) is 5.75 Å². The number of ether oxygens (including phenoxy) is 1. The van der Waals surface area contributed by atoms with E-state index in [1.165, 1.54) is 5.56 Å². The number of benzene rings is 2. The molecule has 0 saturated carbocycles. The van der Waals surface area contributed by atoms with Crippen LogP contribution < -0.4 is 10.1 Å². The van der Waals surface area contributed by atoms with Crippen molar-refractivity contribution in [3.05, 3.63) is 54.1 Å². The maximum atomic E-state index is 12.1. The molecule has 1 amide bonds. The summed E-state index contributed by atoms with van der Waals surface area (Å²) in [5, 5.41) is 2.92. The van der Waals surface area contributed by atoms with E-state index in [2.05, 4.69) is 12.2 Å². The molecule has 0 fully saturated rings. The Balaban J connectivity index is 1.93. The molecule has 0 bridgehead atoms. The first kappa shape index (κ1) is 16.4. The number of aryl methyl sites for hydroxylation is 1. The van der Waals surface area contributed by atoms with E-state index in [0.29, 0.717) is 12.4 Å². The first-order valence-electron chi connectivity index (χ1n) is 7.41. The van der Waals surface area contributed by atoms with Crippen LogP contribution in [0.15, 0.2) is 53.4 Å². The Morgan fingerprint density at radius 3 is 2.64 bits per heavy atom. The van der Waals surface area contributed by atoms with Crippen LogP contribution in [-0.2, 0) is 4.79 Å². The Morgan fingerprint density at radius 2 is 1.86 bits per heavy atom. The van der Waals surface area contributed by atoms with Gasteiger partial charge in [0.05, 0.1) is 18.0 Å². The second-order valence-electron chi connectivity index (χ2n) is 4.95. The molecule has 0 atom stereocenters. The van der Waals surface area contributed by atoms with Crippen molar-refractivity contribution in [2.45, 2.75) is 25.2 Å². The Hall–Kier alpha value is -1.94. The van der Waals surface area contributed by atoms with Gasteiger partial charge in [0.15, 0.2) is 0 Å². The molecule has 1 N–H and O–H groups in total. The average Bonchev–Trinajstić information content (AvgIpc) is 2.53. The molecule has 3 nitrogen and oxygen atoms in total. The van der Waals surface area contributed by atoms with Crippen molar-refractivity contribution in [2.24, 2.45) is 0 Å². The molecular formula is C18H21NO2S. The minimum Gasteiger partial charge on any atom is -0.491 e. The monoisotopic (exact) mass is 315 g/mol. The van der Waals surface area contributed by atoms with Gasteiger partial charge in [-0.05, 0) is 37.1 Å². The third kappa shape index (κ3) is 4.81. The third-order valence-electron chi connectivity index (χ3n) is 3.08. The van der Waals surface area contributed by atoms with Gasteiger partial charge < -0.3 is 10.1 Å². The second-order valence-corrected chi connectivity index (χ2v) is 5.96. The van der Waals surface area contributed by atoms with Crippen molar-refractivity contribution in [2.75, 3.05) is 17.7 Å². The molecule has 0 saturated heterocycles. The molecule has 0 aromatic heterocycles. The quantitative estimate of drug-likeness (QED) is 0.764. The number of carbonyl (C=O) groups excluding carboxylic acids is 1. The number of thioether (sulfide) groups is 1. The van der Waals surface area contributed by atoms with E-state index in [1.807, 2.05) is 55.5 Å². The van der Waals surface area contributed by atoms with Crippen molar-refractivity contribution < 1.29 is 9.53 Å². The minimum atomic E-state index is -0.0270. The summed E-state index contributed by atoms with van der Waals surface area (Å²) in [5.74, 6) is 1.08. The number of carbonyl (C=O) groups is 1. The lowest BCUT2D eigenvalue weighted by molar-refractivity contribution is -0.113. The SMILES string of the molecule is CCCOc1ccccc1NC(=O)CSc1ccccc1C. The predicted octanol–water partition coefficient (Wildman–Crippen LogP) is 4.51. The van der Waals surface area contributed by atoms with Gasteiger partial charge in [-0.2, -0.15) is 0 Å². The van der Waals surface area contributed by atoms with Crippen LogP contribution >= 0.6 is 11.8 Å². The zero-order valence-electron chi connectivity index (χ0n) is 13.0. The van der Waals surface area contributed by atoms with Gasteiger partial charge in [-0.1, -0.05) is 37.3 Å². The van der Waals surface area contributed by atoms with Crippen LogP contribution in [0.25, 0.3) is 0 Å². The van der Waals surface area contributed by atoms with E-state index in [1.54, 1.807) is 11.8 Å². The molecule has 0 spiro atoms. The highest BCUT2D eigenvalue weighted by molar-refractivity contribution is 8.00. The molecule has 22 heavy (non-hydrogen) atoms. The van der Waals surface area contributed by atoms with Crippen molar-refractivity contribution >= 4 is 23.4 Å². The van der Waals surface area contributed by atoms with E-state index in [4.69, 9.17) is 4.74 Å². The smallest absolute Gasteiger partial charge is 0.234 e. The lowest BCUT2D eigenvalue weighted by Crippen LogP contribution is -2.15. The predicted molar refractivity (Wildman–Crippen MR) is 92.8 cm³/mol. The van der Waals surface area contributed by atoms with Crippen molar-refractivity contribution in [3.63, 3.8) is 0 Å². The number of hydrogen-bond donors (Lipinski definition) is 1. The second kappa shape index (κ2) is 8.49. The van der Waals surface area contributed by atoms with Gasteiger partial charge in [-0.3, -0.25) is 4.79 Å². The summed E-state index contributed by atoms with van der Waals surface area (Å²) in [6.07, 6.45) is 0.936. The Morgan fingerprint density at radius 1 is 1.14 bits per heavy atom. The minimum absolute atomic E-state index is 0.0270. The molecule has 0 aliphatic heterocycles. The normalized spacial score (nSPS) is 10.3. The molecule has 0 unspecified atom stereocenters. The molecule has 0 heterocycles. The van der Waals surface area contributed by atoms with Gasteiger partial charge in [0, 0.05) is 4.90 Å². The van der Waals surface area contributed by atoms with E-state index in [-0.39, 0.29) is 5.91 Å². The van der Waals surface area contributed by atoms with Gasteiger partial charge in [-0.15, -0.1) is 11.8 Å². The highest BCUT2D eigenvalue weighted by Crippen LogP contribution is 2.25. The molecule has 2 aromatic carbocycles. The van der Waals surface area contributed by atoms with Gasteiger partial charge in [0.2, 0.25) is 5.91 Å². The fourth-order valence-electron chi connectivity index (χ4n) is 1.96. The topological polar surface area (TPSA) is 38.3 Å². The number of hydrogen-bond acceptors (Lipinski definition) is 3. The molecule has 0 radical (unpaired) electrons. The number of para-hydroxylation sites is 2. The van der Waals surface area contributed by atoms with Crippen LogP contribution in [0.1, 0.15) is 18.9 Å². The van der Waals surface area contributed by atoms with Crippen molar-refractivity contribution in [1.82, 2.24) is 0 Å². The number of amides is 1. The first-order valence-corrected chi connectivity index (χ1v) is 8.39. The molecule has 0 aliphatic rings. The zero-order valence-corrected chi connectivity index (χ0v) is 13.8. The van der Waals surface area contributed by atoms with Crippen molar-refractivity contribution in [3.8, 4) is 5.75 Å². The standard InChI is InChI=1S/C18H21NO2S/c1-3-12-21-16-10-6-5-9-15(16)19-18(20)13-22-17-11-7-4-8-14(17)2/h4-11H,3,12-13H2,1-2H3,(H,19,20). The van der Waals surface area contributed by atoms with Gasteiger partial charge in [-0.25, -0.2) is 0 Å². The van der Waals surface area contributed by atoms with E-state index in [0.717, 1.165) is 22.8 Å². The third-order valence-corrected chi connectivity index (χ3v) is 4.25. The fourth-order valence-corrected chi connectivity index (χ4v) is 2.79. The highest BCUT2D eigenvalue weighted by Gasteiger charge is 2.08. The molecule has 0 aliphatic carbocycles. The lowest BCUT2D eigenvalue weighted by Gasteiger charge is -2.12. The summed E-state index contributed by atoms with van der Waals surface area (Å²) in [7, 11) is 0. The Labute approximate surface area is 136 Å². The summed E-state index contributed by atoms with van der Waals surface area (Å²) in [5.41, 5.74) is 1.92. The average molecular weight is 315 g/mol. The van der Waals surface area contributed by atoms with Crippen LogP contribution in [0.2, 0.25) is 0 Å². The summed E-state index contributed by atoms with van der Waals surface area (Å²) >= 11 is 1.55. The number of rotatable bonds is 7. The summed E-state index contributed by atoms with van der Waals surface area (Å²) in [4.78, 5) is 13.3. The molecule has 4 heteroatoms. The van der Waals surface area contributed by atoms with Crippen LogP contribution in [-0.4, -0.2) is 18.3 Å². The zero-order chi connectivity index (χ0) is 15.8. The fraction of sp³-hybridized carbons (Fsp3) is 0.278. The molecule has 2 rings (SSSR count). The van der Waals surface area contributed by atoms with Gasteiger partial charge >= 0.3 is 0 Å². The molecule has 2 aromatic rings. The summed E-state index contributed by atoms with van der Waals surface area (Å²) in [6.45, 7) is 4.75. The number of nitrogens with one attached hydrogen (secondary N) is 1. The molecular weight excluding hydrogens is 294 g/mol. The van der Waals surface area contributed by atoms with Crippen LogP contribution in [0.3, 0.4) is 0 Å². The van der Waals surface area contributed by atoms with E-state index >= 15 is 0 Å². The Bertz CT molecular complexity index is 628. The maximum Gasteiger partial charge on any atom is 0.234 e. The van der Waals surface area contributed by atoms with E-state index < -0.39 is 0 Å². The summed E-state index contributed by atoms with van der Waals surface area (Å²) in [6, 6.07) is 15.6. The van der Waals surface area contributed by atoms with Crippen LogP contribution in [0.4, 0.5) is 5.69 Å². The maximum absolute atomic E-state index is 12.1. The number of anilines is 1. The first-order chi connectivity index (χ1) is 10.7. The van der Waals surface area contributed by atoms with Crippen molar-refractivity contribution in [1.29, 1.82) is 0 Å². The van der Waals surface area contributed by atoms with Gasteiger partial charge in [0.25, 0.3) is 0 Å². The lowest BCUT2D eigenvalue weighted by atomic mass is 10.2. The highest BCUT2D eigenvalue weighted by atomic mass is 32.2. The van der Waals surface area contributed by atoms with Crippen LogP contribution in [0, 0.1) is 6.92 Å². The Kier molecular flexibility index (Phi) is 6.34. The molecule has 116 valence electrons. The van der Waals surface area contributed by atoms with E-state index in [9.17, 15) is 4.79 Å². The largest absolute Gasteiger partial charge is 0.491 e. The summed E-state index contributed by atoms with van der Waals surface area (Å²) < 4.78 is 5.65. The van der Waals surface area contributed by atoms with Gasteiger partial charge in [0.1, 0.15) is 5.75 Å².